The summed E-state index contributed by atoms with van der Waals surface area (Å²) >= 11 is 0. The topological polar surface area (TPSA) is 62.2 Å². The van der Waals surface area contributed by atoms with Gasteiger partial charge in [-0.15, -0.1) is 0 Å². The molecule has 1 heterocycles. The van der Waals surface area contributed by atoms with Gasteiger partial charge in [-0.1, -0.05) is 0 Å². The fourth-order valence-corrected chi connectivity index (χ4v) is 1.77. The molecule has 0 unspecified atom stereocenters. The van der Waals surface area contributed by atoms with Gasteiger partial charge in [-0.3, -0.25) is 10.1 Å². The lowest BCUT2D eigenvalue weighted by molar-refractivity contribution is -0.384. The Morgan fingerprint density at radius 3 is 2.76 bits per heavy atom. The molecule has 0 saturated carbocycles. The number of aromatic nitrogens is 1. The average molecular weight is 233 g/mol. The minimum absolute atomic E-state index is 0.135. The number of non-ortho nitro benzene ring substituents is 1. The van der Waals surface area contributed by atoms with Crippen molar-refractivity contribution in [1.82, 2.24) is 9.88 Å². The molecule has 0 spiro atoms. The number of aromatic amines is 1. The number of nitro benzene ring substituents is 1. The Hall–Kier alpha value is -1.88. The first-order chi connectivity index (χ1) is 8.06. The average Bonchev–Trinajstić information content (AvgIpc) is 2.67. The van der Waals surface area contributed by atoms with Crippen molar-refractivity contribution in [3.63, 3.8) is 0 Å². The summed E-state index contributed by atoms with van der Waals surface area (Å²) < 4.78 is 0. The first-order valence-corrected chi connectivity index (χ1v) is 5.47. The van der Waals surface area contributed by atoms with E-state index in [1.807, 2.05) is 20.2 Å². The lowest BCUT2D eigenvalue weighted by Gasteiger charge is -2.07. The lowest BCUT2D eigenvalue weighted by Crippen LogP contribution is -2.15. The lowest BCUT2D eigenvalue weighted by atomic mass is 10.2. The van der Waals surface area contributed by atoms with Crippen LogP contribution in [0.4, 0.5) is 5.69 Å². The van der Waals surface area contributed by atoms with Crippen LogP contribution in [0, 0.1) is 10.1 Å². The largest absolute Gasteiger partial charge is 0.358 e. The van der Waals surface area contributed by atoms with Crippen LogP contribution < -0.4 is 0 Å². The van der Waals surface area contributed by atoms with Crippen molar-refractivity contribution in [1.29, 1.82) is 0 Å². The summed E-state index contributed by atoms with van der Waals surface area (Å²) in [6.45, 7) is 0.953. The van der Waals surface area contributed by atoms with Crippen molar-refractivity contribution >= 4 is 16.6 Å². The summed E-state index contributed by atoms with van der Waals surface area (Å²) in [6, 6.07) is 6.86. The summed E-state index contributed by atoms with van der Waals surface area (Å²) in [5.74, 6) is 0. The SMILES string of the molecule is CN(C)CCc1cc2cc([N+](=O)[O-])ccc2[nH]1. The third-order valence-corrected chi connectivity index (χ3v) is 2.70. The van der Waals surface area contributed by atoms with E-state index in [1.54, 1.807) is 12.1 Å². The number of fused-ring (bicyclic) bond motifs is 1. The Balaban J connectivity index is 2.27. The minimum Gasteiger partial charge on any atom is -0.358 e. The molecule has 1 N–H and O–H groups in total. The summed E-state index contributed by atoms with van der Waals surface area (Å²) in [6.07, 6.45) is 0.912. The van der Waals surface area contributed by atoms with E-state index in [4.69, 9.17) is 0 Å². The molecule has 5 nitrogen and oxygen atoms in total. The molecule has 90 valence electrons. The van der Waals surface area contributed by atoms with Gasteiger partial charge in [0.15, 0.2) is 0 Å². The normalized spacial score (nSPS) is 11.2. The van der Waals surface area contributed by atoms with Gasteiger partial charge in [-0.2, -0.15) is 0 Å². The maximum Gasteiger partial charge on any atom is 0.270 e. The Bertz CT molecular complexity index is 546. The Morgan fingerprint density at radius 1 is 1.35 bits per heavy atom. The number of nitrogens with zero attached hydrogens (tertiary/aromatic N) is 2. The number of nitro groups is 1. The van der Waals surface area contributed by atoms with Crippen molar-refractivity contribution in [3.05, 3.63) is 40.1 Å². The molecule has 0 atom stereocenters. The van der Waals surface area contributed by atoms with Gasteiger partial charge in [0.2, 0.25) is 0 Å². The van der Waals surface area contributed by atoms with E-state index >= 15 is 0 Å². The van der Waals surface area contributed by atoms with Gasteiger partial charge in [0.05, 0.1) is 4.92 Å². The van der Waals surface area contributed by atoms with Gasteiger partial charge >= 0.3 is 0 Å². The van der Waals surface area contributed by atoms with Crippen LogP contribution in [0.2, 0.25) is 0 Å². The third kappa shape index (κ3) is 2.62. The maximum absolute atomic E-state index is 10.7. The molecule has 0 aliphatic heterocycles. The number of H-pyrrole nitrogens is 1. The Kier molecular flexibility index (Phi) is 3.10. The van der Waals surface area contributed by atoms with Gasteiger partial charge in [0.25, 0.3) is 5.69 Å². The van der Waals surface area contributed by atoms with Crippen LogP contribution in [0.1, 0.15) is 5.69 Å². The second kappa shape index (κ2) is 4.55. The highest BCUT2D eigenvalue weighted by Crippen LogP contribution is 2.21. The van der Waals surface area contributed by atoms with E-state index in [1.165, 1.54) is 6.07 Å². The van der Waals surface area contributed by atoms with Crippen molar-refractivity contribution in [2.45, 2.75) is 6.42 Å². The van der Waals surface area contributed by atoms with Crippen molar-refractivity contribution < 1.29 is 4.92 Å². The first-order valence-electron chi connectivity index (χ1n) is 5.47. The molecular formula is C12H15N3O2. The van der Waals surface area contributed by atoms with Crippen molar-refractivity contribution in [3.8, 4) is 0 Å². The predicted molar refractivity (Wildman–Crippen MR) is 67.2 cm³/mol. The molecule has 0 fully saturated rings. The molecule has 2 aromatic rings. The van der Waals surface area contributed by atoms with E-state index in [-0.39, 0.29) is 10.6 Å². The molecule has 1 aromatic heterocycles. The monoisotopic (exact) mass is 233 g/mol. The highest BCUT2D eigenvalue weighted by atomic mass is 16.6. The standard InChI is InChI=1S/C12H15N3O2/c1-14(2)6-5-10-7-9-8-11(15(16)17)3-4-12(9)13-10/h3-4,7-8,13H,5-6H2,1-2H3. The predicted octanol–water partition coefficient (Wildman–Crippen LogP) is 2.18. The highest BCUT2D eigenvalue weighted by molar-refractivity contribution is 5.82. The fraction of sp³-hybridized carbons (Fsp3) is 0.333. The molecule has 0 aliphatic rings. The van der Waals surface area contributed by atoms with Crippen LogP contribution in [-0.2, 0) is 6.42 Å². The van der Waals surface area contributed by atoms with Crippen LogP contribution in [-0.4, -0.2) is 35.4 Å². The van der Waals surface area contributed by atoms with E-state index in [0.29, 0.717) is 0 Å². The number of hydrogen-bond donors (Lipinski definition) is 1. The molecule has 0 bridgehead atoms. The van der Waals surface area contributed by atoms with E-state index in [9.17, 15) is 10.1 Å². The zero-order valence-electron chi connectivity index (χ0n) is 9.93. The molecule has 2 rings (SSSR count). The number of hydrogen-bond acceptors (Lipinski definition) is 3. The molecule has 0 aliphatic carbocycles. The molecular weight excluding hydrogens is 218 g/mol. The van der Waals surface area contributed by atoms with Crippen LogP contribution in [0.25, 0.3) is 10.9 Å². The van der Waals surface area contributed by atoms with Gasteiger partial charge < -0.3 is 9.88 Å². The quantitative estimate of drug-likeness (QED) is 0.650. The number of likely N-dealkylation sites (N-methyl/N-ethyl adjacent to an activating group) is 1. The van der Waals surface area contributed by atoms with Crippen LogP contribution in [0.15, 0.2) is 24.3 Å². The second-order valence-electron chi connectivity index (χ2n) is 4.38. The number of nitrogens with one attached hydrogen (secondary N) is 1. The number of rotatable bonds is 4. The van der Waals surface area contributed by atoms with E-state index < -0.39 is 0 Å². The minimum atomic E-state index is -0.369. The van der Waals surface area contributed by atoms with Gasteiger partial charge in [-0.25, -0.2) is 0 Å². The first kappa shape index (κ1) is 11.6. The summed E-state index contributed by atoms with van der Waals surface area (Å²) in [5, 5.41) is 11.6. The smallest absolute Gasteiger partial charge is 0.270 e. The van der Waals surface area contributed by atoms with Crippen molar-refractivity contribution in [2.75, 3.05) is 20.6 Å². The molecule has 0 amide bonds. The van der Waals surface area contributed by atoms with Crippen LogP contribution in [0.3, 0.4) is 0 Å². The molecule has 1 aromatic carbocycles. The van der Waals surface area contributed by atoms with Gasteiger partial charge in [-0.05, 0) is 26.2 Å². The third-order valence-electron chi connectivity index (χ3n) is 2.70. The fourth-order valence-electron chi connectivity index (χ4n) is 1.77. The zero-order valence-corrected chi connectivity index (χ0v) is 9.93. The number of benzene rings is 1. The maximum atomic E-state index is 10.7. The van der Waals surface area contributed by atoms with Crippen LogP contribution in [0.5, 0.6) is 0 Å². The Morgan fingerprint density at radius 2 is 2.12 bits per heavy atom. The van der Waals surface area contributed by atoms with E-state index in [0.717, 1.165) is 29.6 Å². The molecule has 17 heavy (non-hydrogen) atoms. The molecule has 0 radical (unpaired) electrons. The molecule has 5 heteroatoms. The zero-order chi connectivity index (χ0) is 12.4. The molecule has 0 saturated heterocycles. The van der Waals surface area contributed by atoms with Gasteiger partial charge in [0.1, 0.15) is 0 Å². The summed E-state index contributed by atoms with van der Waals surface area (Å²) in [5.41, 5.74) is 2.19. The Labute approximate surface area is 99.2 Å². The summed E-state index contributed by atoms with van der Waals surface area (Å²) in [4.78, 5) is 15.7. The second-order valence-corrected chi connectivity index (χ2v) is 4.38. The van der Waals surface area contributed by atoms with E-state index in [2.05, 4.69) is 9.88 Å². The van der Waals surface area contributed by atoms with Gasteiger partial charge in [0, 0.05) is 41.7 Å². The highest BCUT2D eigenvalue weighted by Gasteiger charge is 2.08. The summed E-state index contributed by atoms with van der Waals surface area (Å²) in [7, 11) is 4.04. The van der Waals surface area contributed by atoms with Crippen LogP contribution >= 0.6 is 0 Å². The van der Waals surface area contributed by atoms with Crippen molar-refractivity contribution in [2.24, 2.45) is 0 Å².